The molecular formula is C13H16BrN3O2S. The molecule has 0 aliphatic carbocycles. The van der Waals surface area contributed by atoms with Crippen LogP contribution in [0.2, 0.25) is 0 Å². The smallest absolute Gasteiger partial charge is 0.280 e. The molecule has 0 spiro atoms. The first-order valence-electron chi connectivity index (χ1n) is 6.17. The van der Waals surface area contributed by atoms with E-state index < -0.39 is 10.0 Å². The number of hydrogen-bond donors (Lipinski definition) is 1. The summed E-state index contributed by atoms with van der Waals surface area (Å²) in [5.41, 5.74) is 1.47. The van der Waals surface area contributed by atoms with Gasteiger partial charge < -0.3 is 4.57 Å². The summed E-state index contributed by atoms with van der Waals surface area (Å²) < 4.78 is 29.8. The fourth-order valence-electron chi connectivity index (χ4n) is 1.85. The van der Waals surface area contributed by atoms with Gasteiger partial charge >= 0.3 is 0 Å². The number of hydrogen-bond acceptors (Lipinski definition) is 3. The molecule has 0 radical (unpaired) electrons. The van der Waals surface area contributed by atoms with Gasteiger partial charge in [-0.05, 0) is 48.3 Å². The van der Waals surface area contributed by atoms with Gasteiger partial charge in [-0.1, -0.05) is 12.1 Å². The van der Waals surface area contributed by atoms with E-state index >= 15 is 0 Å². The van der Waals surface area contributed by atoms with Gasteiger partial charge in [0.25, 0.3) is 10.0 Å². The lowest BCUT2D eigenvalue weighted by molar-refractivity contribution is 0.598. The molecule has 0 amide bonds. The highest BCUT2D eigenvalue weighted by atomic mass is 79.9. The van der Waals surface area contributed by atoms with Crippen LogP contribution in [0.1, 0.15) is 18.3 Å². The molecule has 5 nitrogen and oxygen atoms in total. The molecule has 2 aromatic rings. The minimum absolute atomic E-state index is 0.0326. The van der Waals surface area contributed by atoms with Gasteiger partial charge in [0, 0.05) is 17.2 Å². The normalized spacial score (nSPS) is 11.6. The van der Waals surface area contributed by atoms with Crippen LogP contribution in [-0.2, 0) is 16.6 Å². The summed E-state index contributed by atoms with van der Waals surface area (Å²) in [5, 5.41) is 0.0326. The van der Waals surface area contributed by atoms with Crippen LogP contribution in [0.25, 0.3) is 0 Å². The maximum Gasteiger partial charge on any atom is 0.280 e. The van der Waals surface area contributed by atoms with Crippen LogP contribution >= 0.6 is 15.9 Å². The van der Waals surface area contributed by atoms with Crippen molar-refractivity contribution < 1.29 is 8.42 Å². The summed E-state index contributed by atoms with van der Waals surface area (Å²) in [6.45, 7) is 6.31. The van der Waals surface area contributed by atoms with E-state index in [-0.39, 0.29) is 5.03 Å². The zero-order valence-corrected chi connectivity index (χ0v) is 13.9. The highest BCUT2D eigenvalue weighted by Crippen LogP contribution is 2.27. The predicted molar refractivity (Wildman–Crippen MR) is 82.3 cm³/mol. The van der Waals surface area contributed by atoms with Crippen molar-refractivity contribution in [3.05, 3.63) is 40.3 Å². The summed E-state index contributed by atoms with van der Waals surface area (Å²) in [5.74, 6) is 0.677. The van der Waals surface area contributed by atoms with Crippen molar-refractivity contribution in [2.24, 2.45) is 0 Å². The van der Waals surface area contributed by atoms with Crippen molar-refractivity contribution in [1.29, 1.82) is 0 Å². The number of benzene rings is 1. The van der Waals surface area contributed by atoms with Crippen LogP contribution in [0.15, 0.2) is 33.9 Å². The number of nitrogens with zero attached hydrogens (tertiary/aromatic N) is 2. The third kappa shape index (κ3) is 2.88. The first kappa shape index (κ1) is 15.1. The second kappa shape index (κ2) is 5.57. The van der Waals surface area contributed by atoms with Crippen LogP contribution in [0.5, 0.6) is 0 Å². The van der Waals surface area contributed by atoms with Gasteiger partial charge in [0.1, 0.15) is 5.82 Å². The molecule has 0 saturated carbocycles. The number of aryl methyl sites for hydroxylation is 3. The molecule has 2 rings (SSSR count). The lowest BCUT2D eigenvalue weighted by Crippen LogP contribution is -2.14. The van der Waals surface area contributed by atoms with E-state index in [4.69, 9.17) is 0 Å². The Bertz CT molecular complexity index is 738. The molecule has 0 aliphatic heterocycles. The number of aromatic nitrogens is 2. The molecule has 1 aromatic heterocycles. The lowest BCUT2D eigenvalue weighted by atomic mass is 10.2. The van der Waals surface area contributed by atoms with Crippen molar-refractivity contribution in [3.63, 3.8) is 0 Å². The number of imidazole rings is 1. The largest absolute Gasteiger partial charge is 0.334 e. The van der Waals surface area contributed by atoms with Crippen molar-refractivity contribution in [1.82, 2.24) is 9.55 Å². The number of rotatable bonds is 4. The average Bonchev–Trinajstić information content (AvgIpc) is 2.77. The highest BCUT2D eigenvalue weighted by Gasteiger charge is 2.20. The third-order valence-corrected chi connectivity index (χ3v) is 5.29. The van der Waals surface area contributed by atoms with Gasteiger partial charge in [-0.2, -0.15) is 8.42 Å². The molecule has 20 heavy (non-hydrogen) atoms. The van der Waals surface area contributed by atoms with Gasteiger partial charge in [-0.3, -0.25) is 4.72 Å². The number of anilines is 1. The molecular weight excluding hydrogens is 342 g/mol. The molecule has 1 N–H and O–H groups in total. The van der Waals surface area contributed by atoms with Gasteiger partial charge in [-0.15, -0.1) is 0 Å². The molecule has 0 aliphatic rings. The molecule has 108 valence electrons. The molecule has 1 aromatic carbocycles. The van der Waals surface area contributed by atoms with Gasteiger partial charge in [-0.25, -0.2) is 4.98 Å². The Morgan fingerprint density at radius 1 is 1.35 bits per heavy atom. The number of halogens is 1. The molecule has 0 bridgehead atoms. The van der Waals surface area contributed by atoms with Crippen LogP contribution in [0.4, 0.5) is 5.69 Å². The van der Waals surface area contributed by atoms with Crippen LogP contribution < -0.4 is 4.72 Å². The van der Waals surface area contributed by atoms with E-state index in [1.807, 2.05) is 19.9 Å². The SMILES string of the molecule is CCn1cc(S(=O)(=O)Nc2cccc(C)c2Br)nc1C. The predicted octanol–water partition coefficient (Wildman–Crippen LogP) is 3.08. The van der Waals surface area contributed by atoms with Crippen LogP contribution in [0, 0.1) is 13.8 Å². The fraction of sp³-hybridized carbons (Fsp3) is 0.308. The van der Waals surface area contributed by atoms with E-state index in [1.165, 1.54) is 0 Å². The molecule has 0 unspecified atom stereocenters. The van der Waals surface area contributed by atoms with Gasteiger partial charge in [0.2, 0.25) is 0 Å². The number of sulfonamides is 1. The molecule has 7 heteroatoms. The summed E-state index contributed by atoms with van der Waals surface area (Å²) in [7, 11) is -3.68. The Morgan fingerprint density at radius 2 is 2.05 bits per heavy atom. The first-order valence-corrected chi connectivity index (χ1v) is 8.44. The zero-order valence-electron chi connectivity index (χ0n) is 11.5. The second-order valence-electron chi connectivity index (χ2n) is 4.45. The van der Waals surface area contributed by atoms with Gasteiger partial charge in [0.05, 0.1) is 5.69 Å². The van der Waals surface area contributed by atoms with Crippen molar-refractivity contribution in [2.75, 3.05) is 4.72 Å². The summed E-state index contributed by atoms with van der Waals surface area (Å²) in [6, 6.07) is 5.41. The summed E-state index contributed by atoms with van der Waals surface area (Å²) in [6.07, 6.45) is 1.54. The van der Waals surface area contributed by atoms with Crippen molar-refractivity contribution >= 4 is 31.6 Å². The summed E-state index contributed by atoms with van der Waals surface area (Å²) in [4.78, 5) is 4.10. The van der Waals surface area contributed by atoms with Gasteiger partial charge in [0.15, 0.2) is 5.03 Å². The monoisotopic (exact) mass is 357 g/mol. The minimum atomic E-state index is -3.68. The maximum absolute atomic E-state index is 12.3. The van der Waals surface area contributed by atoms with E-state index in [0.717, 1.165) is 10.0 Å². The van der Waals surface area contributed by atoms with E-state index in [9.17, 15) is 8.42 Å². The zero-order chi connectivity index (χ0) is 14.9. The molecule has 0 atom stereocenters. The van der Waals surface area contributed by atoms with E-state index in [1.54, 1.807) is 29.8 Å². The lowest BCUT2D eigenvalue weighted by Gasteiger charge is -2.09. The summed E-state index contributed by atoms with van der Waals surface area (Å²) >= 11 is 3.39. The topological polar surface area (TPSA) is 64.0 Å². The number of nitrogens with one attached hydrogen (secondary N) is 1. The first-order chi connectivity index (χ1) is 9.35. The van der Waals surface area contributed by atoms with E-state index in [2.05, 4.69) is 25.6 Å². The Morgan fingerprint density at radius 3 is 2.65 bits per heavy atom. The highest BCUT2D eigenvalue weighted by molar-refractivity contribution is 9.10. The third-order valence-electron chi connectivity index (χ3n) is 3.01. The fourth-order valence-corrected chi connectivity index (χ4v) is 3.43. The Balaban J connectivity index is 2.38. The van der Waals surface area contributed by atoms with Crippen LogP contribution in [0.3, 0.4) is 0 Å². The molecule has 0 saturated heterocycles. The van der Waals surface area contributed by atoms with Crippen LogP contribution in [-0.4, -0.2) is 18.0 Å². The Kier molecular flexibility index (Phi) is 4.19. The standard InChI is InChI=1S/C13H16BrN3O2S/c1-4-17-8-12(15-10(17)3)20(18,19)16-11-7-5-6-9(2)13(11)14/h5-8,16H,4H2,1-3H3. The molecule has 0 fully saturated rings. The minimum Gasteiger partial charge on any atom is -0.334 e. The quantitative estimate of drug-likeness (QED) is 0.914. The Hall–Kier alpha value is -1.34. The molecule has 1 heterocycles. The van der Waals surface area contributed by atoms with E-state index in [0.29, 0.717) is 18.1 Å². The Labute approximate surface area is 127 Å². The van der Waals surface area contributed by atoms with Crippen molar-refractivity contribution in [3.8, 4) is 0 Å². The second-order valence-corrected chi connectivity index (χ2v) is 6.88. The average molecular weight is 358 g/mol. The maximum atomic E-state index is 12.3. The van der Waals surface area contributed by atoms with Crippen molar-refractivity contribution in [2.45, 2.75) is 32.3 Å².